The van der Waals surface area contributed by atoms with E-state index in [2.05, 4.69) is 16.4 Å². The summed E-state index contributed by atoms with van der Waals surface area (Å²) in [5.74, 6) is 1.45. The van der Waals surface area contributed by atoms with Crippen LogP contribution in [0.2, 0.25) is 0 Å². The van der Waals surface area contributed by atoms with Gasteiger partial charge in [0, 0.05) is 34.9 Å². The fourth-order valence-electron chi connectivity index (χ4n) is 4.26. The van der Waals surface area contributed by atoms with E-state index in [4.69, 9.17) is 9.47 Å². The number of amides is 1. The maximum atomic E-state index is 13.5. The van der Waals surface area contributed by atoms with Crippen LogP contribution in [0.25, 0.3) is 10.9 Å². The van der Waals surface area contributed by atoms with Gasteiger partial charge in [-0.1, -0.05) is 36.4 Å². The third-order valence-corrected chi connectivity index (χ3v) is 5.73. The third-order valence-electron chi connectivity index (χ3n) is 5.73. The van der Waals surface area contributed by atoms with Crippen LogP contribution in [0.5, 0.6) is 11.5 Å². The lowest BCUT2D eigenvalue weighted by molar-refractivity contribution is 0.0667. The summed E-state index contributed by atoms with van der Waals surface area (Å²) in [4.78, 5) is 18.7. The maximum Gasteiger partial charge on any atom is 0.258 e. The van der Waals surface area contributed by atoms with Crippen molar-refractivity contribution in [1.82, 2.24) is 9.88 Å². The quantitative estimate of drug-likeness (QED) is 0.528. The Morgan fingerprint density at radius 3 is 2.77 bits per heavy atom. The first-order valence-corrected chi connectivity index (χ1v) is 9.89. The lowest BCUT2D eigenvalue weighted by Crippen LogP contribution is -2.42. The van der Waals surface area contributed by atoms with Crippen LogP contribution in [0.3, 0.4) is 0 Å². The summed E-state index contributed by atoms with van der Waals surface area (Å²) in [5.41, 5.74) is 4.59. The zero-order valence-electron chi connectivity index (χ0n) is 16.1. The second-order valence-electron chi connectivity index (χ2n) is 7.50. The van der Waals surface area contributed by atoms with Gasteiger partial charge < -0.3 is 24.7 Å². The van der Waals surface area contributed by atoms with Crippen LogP contribution in [-0.4, -0.2) is 22.6 Å². The van der Waals surface area contributed by atoms with Crippen molar-refractivity contribution in [3.63, 3.8) is 0 Å². The number of fused-ring (bicyclic) bond motifs is 3. The van der Waals surface area contributed by atoms with E-state index in [-0.39, 0.29) is 18.9 Å². The molecular formula is C24H19N3O3. The van der Waals surface area contributed by atoms with Crippen molar-refractivity contribution < 1.29 is 14.3 Å². The van der Waals surface area contributed by atoms with Crippen molar-refractivity contribution in [2.75, 3.05) is 12.1 Å². The number of carbonyl (C=O) groups is 1. The monoisotopic (exact) mass is 397 g/mol. The summed E-state index contributed by atoms with van der Waals surface area (Å²) in [7, 11) is 0. The smallest absolute Gasteiger partial charge is 0.258 e. The molecule has 0 fully saturated rings. The van der Waals surface area contributed by atoms with Crippen LogP contribution in [-0.2, 0) is 6.54 Å². The highest BCUT2D eigenvalue weighted by Gasteiger charge is 2.34. The Morgan fingerprint density at radius 2 is 1.80 bits per heavy atom. The molecule has 3 heterocycles. The Labute approximate surface area is 173 Å². The van der Waals surface area contributed by atoms with Gasteiger partial charge in [-0.3, -0.25) is 4.79 Å². The number of nitrogens with one attached hydrogen (secondary N) is 2. The molecule has 1 amide bonds. The number of hydrogen-bond donors (Lipinski definition) is 2. The van der Waals surface area contributed by atoms with Crippen LogP contribution < -0.4 is 14.8 Å². The maximum absolute atomic E-state index is 13.5. The molecule has 6 nitrogen and oxygen atoms in total. The molecule has 4 aromatic rings. The van der Waals surface area contributed by atoms with E-state index in [1.165, 1.54) is 0 Å². The number of carbonyl (C=O) groups excluding carboxylic acids is 1. The number of aromatic amines is 1. The lowest BCUT2D eigenvalue weighted by Gasteiger charge is -2.38. The molecule has 6 rings (SSSR count). The summed E-state index contributed by atoms with van der Waals surface area (Å²) in [6, 6.07) is 21.6. The highest BCUT2D eigenvalue weighted by atomic mass is 16.7. The van der Waals surface area contributed by atoms with Gasteiger partial charge >= 0.3 is 0 Å². The Morgan fingerprint density at radius 1 is 0.967 bits per heavy atom. The number of hydrogen-bond acceptors (Lipinski definition) is 4. The Balaban J connectivity index is 1.44. The highest BCUT2D eigenvalue weighted by Crippen LogP contribution is 2.38. The SMILES string of the molecule is O=C1c2ccccc2N[C@H](c2c[nH]c3ccccc23)N1Cc1ccc2c(c1)OCO2. The minimum Gasteiger partial charge on any atom is -0.454 e. The minimum atomic E-state index is -0.297. The van der Waals surface area contributed by atoms with E-state index in [9.17, 15) is 4.79 Å². The third kappa shape index (κ3) is 2.61. The van der Waals surface area contributed by atoms with E-state index >= 15 is 0 Å². The average molecular weight is 397 g/mol. The topological polar surface area (TPSA) is 66.6 Å². The van der Waals surface area contributed by atoms with Crippen LogP contribution in [0, 0.1) is 0 Å². The van der Waals surface area contributed by atoms with Gasteiger partial charge in [-0.25, -0.2) is 0 Å². The van der Waals surface area contributed by atoms with Crippen molar-refractivity contribution in [3.8, 4) is 11.5 Å². The molecule has 2 aliphatic heterocycles. The summed E-state index contributed by atoms with van der Waals surface area (Å²) >= 11 is 0. The number of para-hydroxylation sites is 2. The Hall–Kier alpha value is -3.93. The molecule has 3 aromatic carbocycles. The lowest BCUT2D eigenvalue weighted by atomic mass is 10.0. The van der Waals surface area contributed by atoms with Crippen LogP contribution >= 0.6 is 0 Å². The average Bonchev–Trinajstić information content (AvgIpc) is 3.42. The molecule has 2 N–H and O–H groups in total. The van der Waals surface area contributed by atoms with Gasteiger partial charge in [0.1, 0.15) is 6.17 Å². The van der Waals surface area contributed by atoms with Gasteiger partial charge in [0.25, 0.3) is 5.91 Å². The second-order valence-corrected chi connectivity index (χ2v) is 7.50. The van der Waals surface area contributed by atoms with Crippen molar-refractivity contribution in [1.29, 1.82) is 0 Å². The molecule has 0 saturated carbocycles. The van der Waals surface area contributed by atoms with E-state index in [1.54, 1.807) is 0 Å². The minimum absolute atomic E-state index is 0.00250. The molecule has 0 aliphatic carbocycles. The molecule has 2 aliphatic rings. The summed E-state index contributed by atoms with van der Waals surface area (Å²) < 4.78 is 10.9. The van der Waals surface area contributed by atoms with E-state index in [0.29, 0.717) is 17.9 Å². The normalized spacial score (nSPS) is 17.1. The molecule has 1 atom stereocenters. The number of rotatable bonds is 3. The van der Waals surface area contributed by atoms with Gasteiger partial charge in [-0.05, 0) is 35.9 Å². The zero-order valence-corrected chi connectivity index (χ0v) is 16.1. The van der Waals surface area contributed by atoms with Gasteiger partial charge in [-0.2, -0.15) is 0 Å². The molecule has 148 valence electrons. The van der Waals surface area contributed by atoms with Crippen molar-refractivity contribution >= 4 is 22.5 Å². The van der Waals surface area contributed by atoms with Crippen LogP contribution in [0.1, 0.15) is 27.7 Å². The summed E-state index contributed by atoms with van der Waals surface area (Å²) in [6.45, 7) is 0.676. The molecule has 0 spiro atoms. The largest absolute Gasteiger partial charge is 0.454 e. The molecule has 0 radical (unpaired) electrons. The first-order valence-electron chi connectivity index (χ1n) is 9.89. The van der Waals surface area contributed by atoms with E-state index < -0.39 is 0 Å². The summed E-state index contributed by atoms with van der Waals surface area (Å²) in [6.07, 6.45) is 1.69. The second kappa shape index (κ2) is 6.56. The number of nitrogens with zero attached hydrogens (tertiary/aromatic N) is 1. The van der Waals surface area contributed by atoms with Crippen LogP contribution in [0.15, 0.2) is 72.9 Å². The van der Waals surface area contributed by atoms with Crippen molar-refractivity contribution in [2.24, 2.45) is 0 Å². The molecule has 0 unspecified atom stereocenters. The molecule has 1 aromatic heterocycles. The Kier molecular flexibility index (Phi) is 3.71. The standard InChI is InChI=1S/C24H19N3O3/c28-24-17-6-2-4-8-20(17)26-23(18-12-25-19-7-3-1-5-16(18)19)27(24)13-15-9-10-21-22(11-15)30-14-29-21/h1-12,23,25-26H,13-14H2/t23-/m0/s1. The van der Waals surface area contributed by atoms with Crippen LogP contribution in [0.4, 0.5) is 5.69 Å². The first kappa shape index (κ1) is 17.0. The van der Waals surface area contributed by atoms with E-state index in [0.717, 1.165) is 33.5 Å². The highest BCUT2D eigenvalue weighted by molar-refractivity contribution is 6.02. The zero-order chi connectivity index (χ0) is 20.1. The van der Waals surface area contributed by atoms with Gasteiger partial charge in [-0.15, -0.1) is 0 Å². The van der Waals surface area contributed by atoms with E-state index in [1.807, 2.05) is 71.8 Å². The molecular weight excluding hydrogens is 378 g/mol. The molecule has 0 bridgehead atoms. The summed E-state index contributed by atoms with van der Waals surface area (Å²) in [5, 5.41) is 4.67. The first-order chi connectivity index (χ1) is 14.8. The number of aromatic nitrogens is 1. The molecule has 6 heteroatoms. The van der Waals surface area contributed by atoms with Crippen molar-refractivity contribution in [2.45, 2.75) is 12.7 Å². The van der Waals surface area contributed by atoms with Gasteiger partial charge in [0.2, 0.25) is 6.79 Å². The number of ether oxygens (including phenoxy) is 2. The van der Waals surface area contributed by atoms with Crippen molar-refractivity contribution in [3.05, 3.63) is 89.6 Å². The van der Waals surface area contributed by atoms with Gasteiger partial charge in [0.05, 0.1) is 5.56 Å². The number of anilines is 1. The molecule has 30 heavy (non-hydrogen) atoms. The predicted octanol–water partition coefficient (Wildman–Crippen LogP) is 4.66. The number of H-pyrrole nitrogens is 1. The predicted molar refractivity (Wildman–Crippen MR) is 114 cm³/mol. The fraction of sp³-hybridized carbons (Fsp3) is 0.125. The Bertz CT molecular complexity index is 1280. The fourth-order valence-corrected chi connectivity index (χ4v) is 4.26. The number of benzene rings is 3. The molecule has 0 saturated heterocycles. The van der Waals surface area contributed by atoms with Gasteiger partial charge in [0.15, 0.2) is 11.5 Å².